The summed E-state index contributed by atoms with van der Waals surface area (Å²) < 4.78 is 0. The van der Waals surface area contributed by atoms with Crippen LogP contribution in [-0.4, -0.2) is 25.8 Å². The van der Waals surface area contributed by atoms with E-state index in [0.717, 1.165) is 36.8 Å². The number of halogens is 1. The fourth-order valence-corrected chi connectivity index (χ4v) is 1.98. The lowest BCUT2D eigenvalue weighted by Crippen LogP contribution is -2.42. The van der Waals surface area contributed by atoms with E-state index in [1.165, 1.54) is 0 Å². The molecule has 1 unspecified atom stereocenters. The zero-order valence-electron chi connectivity index (χ0n) is 8.62. The molecule has 0 saturated carbocycles. The van der Waals surface area contributed by atoms with Gasteiger partial charge in [0.15, 0.2) is 0 Å². The minimum absolute atomic E-state index is 0.0983. The van der Waals surface area contributed by atoms with Gasteiger partial charge in [-0.25, -0.2) is 0 Å². The van der Waals surface area contributed by atoms with Crippen molar-refractivity contribution in [1.82, 2.24) is 5.32 Å². The van der Waals surface area contributed by atoms with Gasteiger partial charge in [-0.1, -0.05) is 11.6 Å². The monoisotopic (exact) mass is 225 g/mol. The number of nitrogens with one attached hydrogen (secondary N) is 1. The predicted octanol–water partition coefficient (Wildman–Crippen LogP) is 1.42. The second-order valence-electron chi connectivity index (χ2n) is 3.78. The maximum Gasteiger partial charge on any atom is 0.0783 e. The molecule has 0 spiro atoms. The van der Waals surface area contributed by atoms with Gasteiger partial charge in [-0.2, -0.15) is 0 Å². The maximum absolute atomic E-state index is 6.10. The molecule has 1 aliphatic heterocycles. The first-order valence-corrected chi connectivity index (χ1v) is 5.64. The Morgan fingerprint density at radius 1 is 1.27 bits per heavy atom. The summed E-state index contributed by atoms with van der Waals surface area (Å²) in [6.45, 7) is 2.92. The van der Waals surface area contributed by atoms with E-state index in [-0.39, 0.29) is 6.17 Å². The first kappa shape index (κ1) is 10.7. The molecule has 0 bridgehead atoms. The van der Waals surface area contributed by atoms with Crippen molar-refractivity contribution < 1.29 is 0 Å². The molecule has 82 valence electrons. The van der Waals surface area contributed by atoms with E-state index in [9.17, 15) is 0 Å². The molecule has 3 N–H and O–H groups in total. The minimum Gasteiger partial charge on any atom is -0.355 e. The van der Waals surface area contributed by atoms with E-state index in [0.29, 0.717) is 0 Å². The normalized spacial score (nSPS) is 22.5. The van der Waals surface area contributed by atoms with Crippen molar-refractivity contribution in [1.29, 1.82) is 0 Å². The van der Waals surface area contributed by atoms with Gasteiger partial charge in [0.2, 0.25) is 0 Å². The number of anilines is 1. The van der Waals surface area contributed by atoms with E-state index in [4.69, 9.17) is 17.3 Å². The molecule has 0 aromatic heterocycles. The van der Waals surface area contributed by atoms with Crippen LogP contribution in [0.2, 0.25) is 5.02 Å². The summed E-state index contributed by atoms with van der Waals surface area (Å²) in [7, 11) is 0. The molecule has 0 amide bonds. The quantitative estimate of drug-likeness (QED) is 0.760. The fourth-order valence-electron chi connectivity index (χ4n) is 1.85. The Morgan fingerprint density at radius 2 is 2.00 bits per heavy atom. The van der Waals surface area contributed by atoms with Crippen LogP contribution in [0.4, 0.5) is 5.69 Å². The summed E-state index contributed by atoms with van der Waals surface area (Å²) in [6.07, 6.45) is 1.07. The van der Waals surface area contributed by atoms with Crippen LogP contribution in [0.25, 0.3) is 0 Å². The van der Waals surface area contributed by atoms with Crippen LogP contribution in [0.15, 0.2) is 24.3 Å². The molecule has 2 rings (SSSR count). The largest absolute Gasteiger partial charge is 0.355 e. The summed E-state index contributed by atoms with van der Waals surface area (Å²) in [4.78, 5) is 2.22. The van der Waals surface area contributed by atoms with E-state index in [1.807, 2.05) is 24.3 Å². The van der Waals surface area contributed by atoms with Gasteiger partial charge in [-0.15, -0.1) is 0 Å². The summed E-state index contributed by atoms with van der Waals surface area (Å²) in [5.74, 6) is 0. The summed E-state index contributed by atoms with van der Waals surface area (Å²) in [5, 5.41) is 4.11. The summed E-state index contributed by atoms with van der Waals surface area (Å²) >= 11 is 5.86. The Hall–Kier alpha value is -0.770. The van der Waals surface area contributed by atoms with Gasteiger partial charge in [0.05, 0.1) is 6.17 Å². The third-order valence-electron chi connectivity index (χ3n) is 2.70. The molecule has 1 aromatic carbocycles. The van der Waals surface area contributed by atoms with Gasteiger partial charge in [0, 0.05) is 23.8 Å². The second-order valence-corrected chi connectivity index (χ2v) is 4.21. The number of nitrogens with zero attached hydrogens (tertiary/aromatic N) is 1. The van der Waals surface area contributed by atoms with Crippen LogP contribution in [-0.2, 0) is 0 Å². The SMILES string of the molecule is NC1CCNCCN1c1ccc(Cl)cc1. The molecule has 0 aliphatic carbocycles. The fraction of sp³-hybridized carbons (Fsp3) is 0.455. The van der Waals surface area contributed by atoms with Gasteiger partial charge in [-0.3, -0.25) is 0 Å². The van der Waals surface area contributed by atoms with Crippen LogP contribution in [0, 0.1) is 0 Å². The molecule has 15 heavy (non-hydrogen) atoms. The predicted molar refractivity (Wildman–Crippen MR) is 64.3 cm³/mol. The first-order chi connectivity index (χ1) is 7.27. The van der Waals surface area contributed by atoms with Gasteiger partial charge < -0.3 is 16.0 Å². The molecule has 1 fully saturated rings. The Kier molecular flexibility index (Phi) is 3.46. The zero-order valence-corrected chi connectivity index (χ0v) is 9.37. The van der Waals surface area contributed by atoms with Gasteiger partial charge >= 0.3 is 0 Å². The number of hydrogen-bond donors (Lipinski definition) is 2. The topological polar surface area (TPSA) is 41.3 Å². The van der Waals surface area contributed by atoms with Crippen molar-refractivity contribution in [3.05, 3.63) is 29.3 Å². The summed E-state index contributed by atoms with van der Waals surface area (Å²) in [6, 6.07) is 7.85. The molecule has 1 aromatic rings. The lowest BCUT2D eigenvalue weighted by Gasteiger charge is -2.28. The smallest absolute Gasteiger partial charge is 0.0783 e. The van der Waals surface area contributed by atoms with Crippen LogP contribution in [0.3, 0.4) is 0 Å². The molecule has 1 saturated heterocycles. The van der Waals surface area contributed by atoms with Crippen molar-refractivity contribution in [3.63, 3.8) is 0 Å². The Morgan fingerprint density at radius 3 is 2.73 bits per heavy atom. The Bertz CT molecular complexity index is 312. The number of benzene rings is 1. The highest BCUT2D eigenvalue weighted by Crippen LogP contribution is 2.20. The molecule has 4 heteroatoms. The van der Waals surface area contributed by atoms with Gasteiger partial charge in [-0.05, 0) is 37.2 Å². The van der Waals surface area contributed by atoms with Crippen LogP contribution < -0.4 is 16.0 Å². The molecule has 0 radical (unpaired) electrons. The van der Waals surface area contributed by atoms with Gasteiger partial charge in [0.1, 0.15) is 0 Å². The Balaban J connectivity index is 2.16. The first-order valence-electron chi connectivity index (χ1n) is 5.26. The zero-order chi connectivity index (χ0) is 10.7. The van der Waals surface area contributed by atoms with Gasteiger partial charge in [0.25, 0.3) is 0 Å². The number of hydrogen-bond acceptors (Lipinski definition) is 3. The van der Waals surface area contributed by atoms with Crippen molar-refractivity contribution in [2.75, 3.05) is 24.5 Å². The van der Waals surface area contributed by atoms with Crippen LogP contribution in [0.5, 0.6) is 0 Å². The van der Waals surface area contributed by atoms with E-state index in [1.54, 1.807) is 0 Å². The maximum atomic E-state index is 6.10. The lowest BCUT2D eigenvalue weighted by atomic mass is 10.2. The standard InChI is InChI=1S/C11H16ClN3/c12-9-1-3-10(4-2-9)15-8-7-14-6-5-11(15)13/h1-4,11,14H,5-8,13H2. The minimum atomic E-state index is 0.0983. The van der Waals surface area contributed by atoms with Crippen molar-refractivity contribution >= 4 is 17.3 Å². The molecule has 1 heterocycles. The van der Waals surface area contributed by atoms with E-state index < -0.39 is 0 Å². The molecular weight excluding hydrogens is 210 g/mol. The lowest BCUT2D eigenvalue weighted by molar-refractivity contribution is 0.607. The number of rotatable bonds is 1. The third-order valence-corrected chi connectivity index (χ3v) is 2.96. The van der Waals surface area contributed by atoms with E-state index in [2.05, 4.69) is 10.2 Å². The molecule has 1 atom stereocenters. The van der Waals surface area contributed by atoms with E-state index >= 15 is 0 Å². The highest BCUT2D eigenvalue weighted by atomic mass is 35.5. The Labute approximate surface area is 95.2 Å². The van der Waals surface area contributed by atoms with Crippen LogP contribution in [0.1, 0.15) is 6.42 Å². The van der Waals surface area contributed by atoms with Crippen molar-refractivity contribution in [2.24, 2.45) is 5.73 Å². The van der Waals surface area contributed by atoms with Crippen LogP contribution >= 0.6 is 11.6 Å². The summed E-state index contributed by atoms with van der Waals surface area (Å²) in [5.41, 5.74) is 7.25. The van der Waals surface area contributed by atoms with Crippen molar-refractivity contribution in [2.45, 2.75) is 12.6 Å². The average Bonchev–Trinajstić information content (AvgIpc) is 2.44. The average molecular weight is 226 g/mol. The third kappa shape index (κ3) is 2.62. The van der Waals surface area contributed by atoms with Crippen molar-refractivity contribution in [3.8, 4) is 0 Å². The highest BCUT2D eigenvalue weighted by molar-refractivity contribution is 6.30. The number of nitrogens with two attached hydrogens (primary N) is 1. The second kappa shape index (κ2) is 4.84. The molecular formula is C11H16ClN3. The highest BCUT2D eigenvalue weighted by Gasteiger charge is 2.16. The molecule has 1 aliphatic rings. The molecule has 3 nitrogen and oxygen atoms in total.